The Morgan fingerprint density at radius 2 is 2.29 bits per heavy atom. The van der Waals surface area contributed by atoms with Crippen molar-refractivity contribution in [2.45, 2.75) is 0 Å². The predicted octanol–water partition coefficient (Wildman–Crippen LogP) is 1.62. The number of rotatable bonds is 4. The molecule has 0 aromatic heterocycles. The van der Waals surface area contributed by atoms with Gasteiger partial charge in [-0.25, -0.2) is 4.79 Å². The largest absolute Gasteiger partial charge is 0.480 e. The second-order valence-electron chi connectivity index (χ2n) is 2.46. The van der Waals surface area contributed by atoms with Crippen molar-refractivity contribution in [1.82, 2.24) is 0 Å². The summed E-state index contributed by atoms with van der Waals surface area (Å²) in [6.07, 6.45) is 0.559. The normalized spacial score (nSPS) is 9.50. The molecule has 0 atom stereocenters. The molecular formula is C9H7ClO4. The van der Waals surface area contributed by atoms with Crippen molar-refractivity contribution >= 4 is 23.9 Å². The van der Waals surface area contributed by atoms with Crippen molar-refractivity contribution in [3.63, 3.8) is 0 Å². The molecule has 0 radical (unpaired) electrons. The average molecular weight is 215 g/mol. The van der Waals surface area contributed by atoms with Crippen LogP contribution in [0.1, 0.15) is 10.4 Å². The molecule has 1 aromatic carbocycles. The summed E-state index contributed by atoms with van der Waals surface area (Å²) in [6.45, 7) is -0.523. The highest BCUT2D eigenvalue weighted by Gasteiger charge is 2.08. The van der Waals surface area contributed by atoms with E-state index in [9.17, 15) is 9.59 Å². The van der Waals surface area contributed by atoms with Gasteiger partial charge in [-0.15, -0.1) is 0 Å². The summed E-state index contributed by atoms with van der Waals surface area (Å²) >= 11 is 5.71. The minimum absolute atomic E-state index is 0.103. The van der Waals surface area contributed by atoms with Gasteiger partial charge in [0.15, 0.2) is 12.9 Å². The Morgan fingerprint density at radius 1 is 1.57 bits per heavy atom. The lowest BCUT2D eigenvalue weighted by Gasteiger charge is -2.07. The van der Waals surface area contributed by atoms with Crippen molar-refractivity contribution < 1.29 is 19.4 Å². The summed E-state index contributed by atoms with van der Waals surface area (Å²) in [5.74, 6) is -1.02. The van der Waals surface area contributed by atoms with Crippen LogP contribution in [0.25, 0.3) is 0 Å². The number of carboxylic acid groups (broad SMARTS) is 1. The molecule has 0 heterocycles. The topological polar surface area (TPSA) is 63.6 Å². The van der Waals surface area contributed by atoms with E-state index in [1.165, 1.54) is 12.1 Å². The zero-order valence-electron chi connectivity index (χ0n) is 7.07. The van der Waals surface area contributed by atoms with Crippen LogP contribution in [-0.4, -0.2) is 24.0 Å². The number of benzene rings is 1. The molecule has 0 saturated heterocycles. The van der Waals surface area contributed by atoms with Gasteiger partial charge in [0.1, 0.15) is 5.75 Å². The molecule has 1 rings (SSSR count). The van der Waals surface area contributed by atoms with Gasteiger partial charge in [-0.05, 0) is 12.1 Å². The fourth-order valence-electron chi connectivity index (χ4n) is 0.905. The Hall–Kier alpha value is -1.55. The first-order valence-corrected chi connectivity index (χ1v) is 4.11. The second-order valence-corrected chi connectivity index (χ2v) is 2.87. The van der Waals surface area contributed by atoms with Crippen molar-refractivity contribution in [2.75, 3.05) is 6.61 Å². The molecule has 0 aliphatic carbocycles. The molecular weight excluding hydrogens is 208 g/mol. The highest BCUT2D eigenvalue weighted by atomic mass is 35.5. The highest BCUT2D eigenvalue weighted by molar-refractivity contribution is 6.32. The number of aldehydes is 1. The standard InChI is InChI=1S/C9H7ClO4/c10-7-3-1-2-6(4-11)9(7)14-5-8(12)13/h1-4H,5H2,(H,12,13). The minimum Gasteiger partial charge on any atom is -0.480 e. The Bertz CT molecular complexity index is 362. The van der Waals surface area contributed by atoms with Crippen molar-refractivity contribution in [1.29, 1.82) is 0 Å². The van der Waals surface area contributed by atoms with E-state index in [0.29, 0.717) is 6.29 Å². The average Bonchev–Trinajstić information content (AvgIpc) is 2.15. The predicted molar refractivity (Wildman–Crippen MR) is 50.0 cm³/mol. The van der Waals surface area contributed by atoms with Gasteiger partial charge in [0.25, 0.3) is 0 Å². The molecule has 1 aromatic rings. The first kappa shape index (κ1) is 10.5. The zero-order valence-corrected chi connectivity index (χ0v) is 7.82. The van der Waals surface area contributed by atoms with E-state index in [4.69, 9.17) is 21.4 Å². The van der Waals surface area contributed by atoms with E-state index in [1.54, 1.807) is 6.07 Å². The second kappa shape index (κ2) is 4.62. The number of aliphatic carboxylic acids is 1. The van der Waals surface area contributed by atoms with Crippen LogP contribution in [0.15, 0.2) is 18.2 Å². The Kier molecular flexibility index (Phi) is 3.48. The van der Waals surface area contributed by atoms with Gasteiger partial charge in [0.05, 0.1) is 10.6 Å². The van der Waals surface area contributed by atoms with Crippen molar-refractivity contribution in [3.8, 4) is 5.75 Å². The lowest BCUT2D eigenvalue weighted by atomic mass is 10.2. The van der Waals surface area contributed by atoms with Gasteiger partial charge < -0.3 is 9.84 Å². The van der Waals surface area contributed by atoms with Crippen LogP contribution < -0.4 is 4.74 Å². The van der Waals surface area contributed by atoms with Crippen molar-refractivity contribution in [3.05, 3.63) is 28.8 Å². The van der Waals surface area contributed by atoms with Gasteiger partial charge >= 0.3 is 5.97 Å². The number of carbonyl (C=O) groups excluding carboxylic acids is 1. The molecule has 0 aliphatic rings. The van der Waals surface area contributed by atoms with Crippen LogP contribution in [0, 0.1) is 0 Å². The molecule has 0 fully saturated rings. The highest BCUT2D eigenvalue weighted by Crippen LogP contribution is 2.27. The van der Waals surface area contributed by atoms with Crippen LogP contribution in [-0.2, 0) is 4.79 Å². The molecule has 0 spiro atoms. The molecule has 74 valence electrons. The van der Waals surface area contributed by atoms with E-state index >= 15 is 0 Å². The molecule has 14 heavy (non-hydrogen) atoms. The minimum atomic E-state index is -1.12. The van der Waals surface area contributed by atoms with Gasteiger partial charge in [-0.2, -0.15) is 0 Å². The van der Waals surface area contributed by atoms with Crippen LogP contribution in [0.5, 0.6) is 5.75 Å². The van der Waals surface area contributed by atoms with Crippen LogP contribution in [0.4, 0.5) is 0 Å². The third kappa shape index (κ3) is 2.47. The summed E-state index contributed by atoms with van der Waals surface area (Å²) in [4.78, 5) is 20.8. The van der Waals surface area contributed by atoms with Crippen molar-refractivity contribution in [2.24, 2.45) is 0 Å². The smallest absolute Gasteiger partial charge is 0.341 e. The van der Waals surface area contributed by atoms with E-state index < -0.39 is 12.6 Å². The summed E-state index contributed by atoms with van der Waals surface area (Å²) < 4.78 is 4.86. The number of hydrogen-bond donors (Lipinski definition) is 1. The van der Waals surface area contributed by atoms with E-state index in [-0.39, 0.29) is 16.3 Å². The first-order chi connectivity index (χ1) is 6.65. The maximum atomic E-state index is 10.5. The maximum absolute atomic E-state index is 10.5. The summed E-state index contributed by atoms with van der Waals surface area (Å²) in [5.41, 5.74) is 0.235. The van der Waals surface area contributed by atoms with Crippen LogP contribution >= 0.6 is 11.6 Å². The van der Waals surface area contributed by atoms with E-state index in [0.717, 1.165) is 0 Å². The number of ether oxygens (including phenoxy) is 1. The lowest BCUT2D eigenvalue weighted by Crippen LogP contribution is -2.10. The van der Waals surface area contributed by atoms with Gasteiger partial charge in [-0.3, -0.25) is 4.79 Å². The van der Waals surface area contributed by atoms with E-state index in [1.807, 2.05) is 0 Å². The third-order valence-electron chi connectivity index (χ3n) is 1.46. The SMILES string of the molecule is O=Cc1cccc(Cl)c1OCC(=O)O. The lowest BCUT2D eigenvalue weighted by molar-refractivity contribution is -0.139. The maximum Gasteiger partial charge on any atom is 0.341 e. The Morgan fingerprint density at radius 3 is 2.86 bits per heavy atom. The molecule has 5 heteroatoms. The number of carboxylic acids is 1. The number of carbonyl (C=O) groups is 2. The first-order valence-electron chi connectivity index (χ1n) is 3.73. The monoisotopic (exact) mass is 214 g/mol. The molecule has 1 N–H and O–H groups in total. The number of hydrogen-bond acceptors (Lipinski definition) is 3. The Labute approximate surface area is 85.1 Å². The van der Waals surface area contributed by atoms with E-state index in [2.05, 4.69) is 0 Å². The van der Waals surface area contributed by atoms with Gasteiger partial charge in [0, 0.05) is 0 Å². The third-order valence-corrected chi connectivity index (χ3v) is 1.76. The fourth-order valence-corrected chi connectivity index (χ4v) is 1.14. The number of halogens is 1. The quantitative estimate of drug-likeness (QED) is 0.774. The summed E-state index contributed by atoms with van der Waals surface area (Å²) in [6, 6.07) is 4.60. The molecule has 0 bridgehead atoms. The van der Waals surface area contributed by atoms with Crippen LogP contribution in [0.3, 0.4) is 0 Å². The number of para-hydroxylation sites is 1. The molecule has 0 aliphatic heterocycles. The van der Waals surface area contributed by atoms with Gasteiger partial charge in [-0.1, -0.05) is 17.7 Å². The molecule has 4 nitrogen and oxygen atoms in total. The fraction of sp³-hybridized carbons (Fsp3) is 0.111. The summed E-state index contributed by atoms with van der Waals surface area (Å²) in [7, 11) is 0. The molecule has 0 unspecified atom stereocenters. The zero-order chi connectivity index (χ0) is 10.6. The van der Waals surface area contributed by atoms with Gasteiger partial charge in [0.2, 0.25) is 0 Å². The van der Waals surface area contributed by atoms with Crippen LogP contribution in [0.2, 0.25) is 5.02 Å². The summed E-state index contributed by atoms with van der Waals surface area (Å²) in [5, 5.41) is 8.59. The molecule has 0 saturated carbocycles. The Balaban J connectivity index is 2.93. The molecule has 0 amide bonds.